The maximum absolute atomic E-state index is 12.8. The zero-order valence-corrected chi connectivity index (χ0v) is 14.2. The van der Waals surface area contributed by atoms with Crippen molar-refractivity contribution in [2.45, 2.75) is 32.2 Å². The Hall–Kier alpha value is -3.02. The first-order chi connectivity index (χ1) is 12.1. The Morgan fingerprint density at radius 1 is 1.24 bits per heavy atom. The van der Waals surface area contributed by atoms with Crippen LogP contribution in [0.2, 0.25) is 0 Å². The SMILES string of the molecule is Cc1cc(C(=O)NC2(C)CCc3ccccc32)ccc1-n1cnnn1. The van der Waals surface area contributed by atoms with Gasteiger partial charge in [0.05, 0.1) is 11.2 Å². The minimum Gasteiger partial charge on any atom is -0.343 e. The highest BCUT2D eigenvalue weighted by Crippen LogP contribution is 2.36. The summed E-state index contributed by atoms with van der Waals surface area (Å²) < 4.78 is 1.59. The van der Waals surface area contributed by atoms with E-state index in [0.29, 0.717) is 5.56 Å². The number of amides is 1. The van der Waals surface area contributed by atoms with Gasteiger partial charge in [-0.2, -0.15) is 0 Å². The number of benzene rings is 2. The molecule has 1 aliphatic rings. The predicted octanol–water partition coefficient (Wildman–Crippen LogP) is 2.56. The van der Waals surface area contributed by atoms with Gasteiger partial charge in [0.2, 0.25) is 0 Å². The quantitative estimate of drug-likeness (QED) is 0.799. The Morgan fingerprint density at radius 2 is 2.08 bits per heavy atom. The first kappa shape index (κ1) is 15.5. The number of fused-ring (bicyclic) bond motifs is 1. The van der Waals surface area contributed by atoms with Crippen LogP contribution in [-0.2, 0) is 12.0 Å². The van der Waals surface area contributed by atoms with Gasteiger partial charge in [0, 0.05) is 5.56 Å². The average Bonchev–Trinajstić information content (AvgIpc) is 3.24. The van der Waals surface area contributed by atoms with Crippen LogP contribution in [0.5, 0.6) is 0 Å². The molecular weight excluding hydrogens is 314 g/mol. The number of hydrogen-bond acceptors (Lipinski definition) is 4. The lowest BCUT2D eigenvalue weighted by Crippen LogP contribution is -2.41. The summed E-state index contributed by atoms with van der Waals surface area (Å²) in [4.78, 5) is 12.8. The fraction of sp³-hybridized carbons (Fsp3) is 0.263. The molecule has 6 heteroatoms. The molecule has 1 aliphatic carbocycles. The summed E-state index contributed by atoms with van der Waals surface area (Å²) in [7, 11) is 0. The highest BCUT2D eigenvalue weighted by Gasteiger charge is 2.35. The molecule has 1 aromatic heterocycles. The molecule has 6 nitrogen and oxygen atoms in total. The topological polar surface area (TPSA) is 72.7 Å². The molecule has 1 N–H and O–H groups in total. The van der Waals surface area contributed by atoms with Crippen molar-refractivity contribution in [2.24, 2.45) is 0 Å². The number of tetrazole rings is 1. The molecule has 1 amide bonds. The standard InChI is InChI=1S/C19H19N5O/c1-13-11-15(7-8-17(13)24-12-20-22-23-24)18(25)21-19(2)10-9-14-5-3-4-6-16(14)19/h3-8,11-12H,9-10H2,1-2H3,(H,21,25). The van der Waals surface area contributed by atoms with E-state index in [4.69, 9.17) is 0 Å². The van der Waals surface area contributed by atoms with Gasteiger partial charge in [-0.15, -0.1) is 5.10 Å². The molecule has 1 heterocycles. The zero-order valence-electron chi connectivity index (χ0n) is 14.2. The van der Waals surface area contributed by atoms with Crippen LogP contribution < -0.4 is 5.32 Å². The van der Waals surface area contributed by atoms with E-state index in [0.717, 1.165) is 24.1 Å². The van der Waals surface area contributed by atoms with Crippen molar-refractivity contribution in [3.63, 3.8) is 0 Å². The Morgan fingerprint density at radius 3 is 2.84 bits per heavy atom. The minimum absolute atomic E-state index is 0.0643. The highest BCUT2D eigenvalue weighted by atomic mass is 16.1. The molecule has 0 saturated carbocycles. The van der Waals surface area contributed by atoms with Crippen LogP contribution in [0.25, 0.3) is 5.69 Å². The van der Waals surface area contributed by atoms with Crippen LogP contribution in [0.15, 0.2) is 48.8 Å². The summed E-state index contributed by atoms with van der Waals surface area (Å²) >= 11 is 0. The minimum atomic E-state index is -0.323. The number of nitrogens with one attached hydrogen (secondary N) is 1. The second-order valence-electron chi connectivity index (χ2n) is 6.70. The van der Waals surface area contributed by atoms with Gasteiger partial charge in [-0.25, -0.2) is 4.68 Å². The van der Waals surface area contributed by atoms with Gasteiger partial charge in [-0.05, 0) is 72.0 Å². The summed E-state index contributed by atoms with van der Waals surface area (Å²) in [5, 5.41) is 14.4. The van der Waals surface area contributed by atoms with Crippen LogP contribution in [0, 0.1) is 6.92 Å². The van der Waals surface area contributed by atoms with Gasteiger partial charge in [-0.3, -0.25) is 4.79 Å². The van der Waals surface area contributed by atoms with Gasteiger partial charge in [0.15, 0.2) is 0 Å². The van der Waals surface area contributed by atoms with Crippen molar-refractivity contribution in [2.75, 3.05) is 0 Å². The zero-order chi connectivity index (χ0) is 17.4. The second-order valence-corrected chi connectivity index (χ2v) is 6.70. The molecule has 0 bridgehead atoms. The summed E-state index contributed by atoms with van der Waals surface area (Å²) in [6.45, 7) is 4.04. The monoisotopic (exact) mass is 333 g/mol. The van der Waals surface area contributed by atoms with Gasteiger partial charge in [-0.1, -0.05) is 24.3 Å². The van der Waals surface area contributed by atoms with E-state index in [1.807, 2.05) is 37.3 Å². The molecule has 25 heavy (non-hydrogen) atoms. The fourth-order valence-electron chi connectivity index (χ4n) is 3.57. The van der Waals surface area contributed by atoms with Crippen molar-refractivity contribution in [3.05, 3.63) is 71.0 Å². The summed E-state index contributed by atoms with van der Waals surface area (Å²) in [5.41, 5.74) is 4.65. The summed E-state index contributed by atoms with van der Waals surface area (Å²) in [6, 6.07) is 13.9. The summed E-state index contributed by atoms with van der Waals surface area (Å²) in [5.74, 6) is -0.0643. The van der Waals surface area contributed by atoms with E-state index in [2.05, 4.69) is 39.9 Å². The van der Waals surface area contributed by atoms with E-state index in [9.17, 15) is 4.79 Å². The number of carbonyl (C=O) groups excluding carboxylic acids is 1. The smallest absolute Gasteiger partial charge is 0.251 e. The van der Waals surface area contributed by atoms with Crippen LogP contribution in [-0.4, -0.2) is 26.1 Å². The molecule has 0 saturated heterocycles. The van der Waals surface area contributed by atoms with Gasteiger partial charge in [0.25, 0.3) is 5.91 Å². The molecule has 1 atom stereocenters. The normalized spacial score (nSPS) is 18.8. The number of rotatable bonds is 3. The number of nitrogens with zero attached hydrogens (tertiary/aromatic N) is 4. The van der Waals surface area contributed by atoms with Crippen molar-refractivity contribution in [1.82, 2.24) is 25.5 Å². The Labute approximate surface area is 145 Å². The fourth-order valence-corrected chi connectivity index (χ4v) is 3.57. The Balaban J connectivity index is 1.59. The maximum atomic E-state index is 12.8. The third-order valence-electron chi connectivity index (χ3n) is 4.95. The third kappa shape index (κ3) is 2.69. The van der Waals surface area contributed by atoms with Crippen LogP contribution in [0.3, 0.4) is 0 Å². The second kappa shape index (κ2) is 5.81. The van der Waals surface area contributed by atoms with Crippen molar-refractivity contribution in [1.29, 1.82) is 0 Å². The van der Waals surface area contributed by atoms with Gasteiger partial charge >= 0.3 is 0 Å². The van der Waals surface area contributed by atoms with E-state index < -0.39 is 0 Å². The predicted molar refractivity (Wildman–Crippen MR) is 93.5 cm³/mol. The van der Waals surface area contributed by atoms with E-state index >= 15 is 0 Å². The van der Waals surface area contributed by atoms with E-state index in [1.54, 1.807) is 11.0 Å². The van der Waals surface area contributed by atoms with E-state index in [1.165, 1.54) is 11.1 Å². The maximum Gasteiger partial charge on any atom is 0.251 e. The molecular formula is C19H19N5O. The number of aryl methyl sites for hydroxylation is 2. The molecule has 0 aliphatic heterocycles. The van der Waals surface area contributed by atoms with Gasteiger partial charge in [0.1, 0.15) is 6.33 Å². The summed E-state index contributed by atoms with van der Waals surface area (Å²) in [6.07, 6.45) is 3.45. The Kier molecular flexibility index (Phi) is 3.60. The number of aromatic nitrogens is 4. The number of carbonyl (C=O) groups is 1. The van der Waals surface area contributed by atoms with Crippen LogP contribution in [0.4, 0.5) is 0 Å². The molecule has 126 valence electrons. The van der Waals surface area contributed by atoms with Crippen molar-refractivity contribution >= 4 is 5.91 Å². The highest BCUT2D eigenvalue weighted by molar-refractivity contribution is 5.95. The van der Waals surface area contributed by atoms with Gasteiger partial charge < -0.3 is 5.32 Å². The number of hydrogen-bond donors (Lipinski definition) is 1. The van der Waals surface area contributed by atoms with E-state index in [-0.39, 0.29) is 11.4 Å². The molecule has 3 aromatic rings. The molecule has 0 radical (unpaired) electrons. The van der Waals surface area contributed by atoms with Crippen LogP contribution in [0.1, 0.15) is 40.4 Å². The molecule has 1 unspecified atom stereocenters. The third-order valence-corrected chi connectivity index (χ3v) is 4.95. The lowest BCUT2D eigenvalue weighted by Gasteiger charge is -2.27. The van der Waals surface area contributed by atoms with Crippen molar-refractivity contribution in [3.8, 4) is 5.69 Å². The molecule has 0 fully saturated rings. The molecule has 0 spiro atoms. The average molecular weight is 333 g/mol. The first-order valence-corrected chi connectivity index (χ1v) is 8.32. The molecule has 2 aromatic carbocycles. The largest absolute Gasteiger partial charge is 0.343 e. The Bertz CT molecular complexity index is 935. The van der Waals surface area contributed by atoms with Crippen LogP contribution >= 0.6 is 0 Å². The lowest BCUT2D eigenvalue weighted by molar-refractivity contribution is 0.0904. The van der Waals surface area contributed by atoms with Crippen molar-refractivity contribution < 1.29 is 4.79 Å². The lowest BCUT2D eigenvalue weighted by atomic mass is 9.93. The first-order valence-electron chi connectivity index (χ1n) is 8.32. The molecule has 4 rings (SSSR count).